The summed E-state index contributed by atoms with van der Waals surface area (Å²) in [5.41, 5.74) is 3.89. The van der Waals surface area contributed by atoms with Crippen LogP contribution in [-0.2, 0) is 5.88 Å². The molecule has 0 bridgehead atoms. The summed E-state index contributed by atoms with van der Waals surface area (Å²) in [6, 6.07) is 15.5. The van der Waals surface area contributed by atoms with Gasteiger partial charge in [-0.1, -0.05) is 42.0 Å². The monoisotopic (exact) mass is 287 g/mol. The van der Waals surface area contributed by atoms with Crippen LogP contribution in [0.4, 0.5) is 0 Å². The molecule has 0 saturated carbocycles. The highest BCUT2D eigenvalue weighted by Gasteiger charge is 2.11. The minimum Gasteiger partial charge on any atom is -0.346 e. The van der Waals surface area contributed by atoms with E-state index in [1.165, 1.54) is 5.56 Å². The van der Waals surface area contributed by atoms with Gasteiger partial charge >= 0.3 is 0 Å². The molecule has 0 aliphatic carbocycles. The molecular formula is C17H18ClNO. The SMILES string of the molecule is Cc1ccc([C@H](C)NC(=O)c2cccc(CCl)c2)cc1. The minimum absolute atomic E-state index is 0.0252. The Morgan fingerprint density at radius 2 is 1.90 bits per heavy atom. The molecule has 0 aromatic heterocycles. The van der Waals surface area contributed by atoms with Crippen molar-refractivity contribution in [2.24, 2.45) is 0 Å². The average Bonchev–Trinajstić information content (AvgIpc) is 2.47. The summed E-state index contributed by atoms with van der Waals surface area (Å²) in [5, 5.41) is 3.00. The first-order valence-corrected chi connectivity index (χ1v) is 7.16. The van der Waals surface area contributed by atoms with Gasteiger partial charge in [0.1, 0.15) is 0 Å². The molecule has 0 aliphatic rings. The predicted molar refractivity (Wildman–Crippen MR) is 83.1 cm³/mol. The number of halogens is 1. The molecule has 1 N–H and O–H groups in total. The van der Waals surface area contributed by atoms with Gasteiger partial charge in [-0.25, -0.2) is 0 Å². The number of benzene rings is 2. The molecule has 0 heterocycles. The van der Waals surface area contributed by atoms with Crippen molar-refractivity contribution in [1.29, 1.82) is 0 Å². The molecule has 0 spiro atoms. The number of nitrogens with one attached hydrogen (secondary N) is 1. The normalized spacial score (nSPS) is 11.9. The highest BCUT2D eigenvalue weighted by molar-refractivity contribution is 6.17. The van der Waals surface area contributed by atoms with Crippen molar-refractivity contribution in [3.05, 3.63) is 70.8 Å². The summed E-state index contributed by atoms with van der Waals surface area (Å²) in [7, 11) is 0. The van der Waals surface area contributed by atoms with E-state index in [1.54, 1.807) is 6.07 Å². The zero-order valence-electron chi connectivity index (χ0n) is 11.7. The van der Waals surface area contributed by atoms with Gasteiger partial charge in [-0.15, -0.1) is 11.6 Å². The zero-order valence-corrected chi connectivity index (χ0v) is 12.4. The lowest BCUT2D eigenvalue weighted by atomic mass is 10.1. The van der Waals surface area contributed by atoms with Crippen molar-refractivity contribution in [2.75, 3.05) is 0 Å². The second kappa shape index (κ2) is 6.58. The van der Waals surface area contributed by atoms with Gasteiger partial charge < -0.3 is 5.32 Å². The number of aryl methyl sites for hydroxylation is 1. The number of amides is 1. The molecule has 104 valence electrons. The lowest BCUT2D eigenvalue weighted by Gasteiger charge is -2.15. The molecule has 0 fully saturated rings. The van der Waals surface area contributed by atoms with Crippen molar-refractivity contribution in [1.82, 2.24) is 5.32 Å². The maximum atomic E-state index is 12.2. The molecule has 20 heavy (non-hydrogen) atoms. The van der Waals surface area contributed by atoms with Crippen LogP contribution < -0.4 is 5.32 Å². The van der Waals surface area contributed by atoms with Gasteiger partial charge in [0.15, 0.2) is 0 Å². The van der Waals surface area contributed by atoms with Crippen LogP contribution in [0, 0.1) is 6.92 Å². The van der Waals surface area contributed by atoms with E-state index in [0.717, 1.165) is 11.1 Å². The highest BCUT2D eigenvalue weighted by atomic mass is 35.5. The fourth-order valence-corrected chi connectivity index (χ4v) is 2.18. The van der Waals surface area contributed by atoms with Crippen LogP contribution in [-0.4, -0.2) is 5.91 Å². The predicted octanol–water partition coefficient (Wildman–Crippen LogP) is 4.22. The van der Waals surface area contributed by atoms with E-state index in [9.17, 15) is 4.79 Å². The van der Waals surface area contributed by atoms with E-state index in [0.29, 0.717) is 11.4 Å². The zero-order chi connectivity index (χ0) is 14.5. The lowest BCUT2D eigenvalue weighted by Crippen LogP contribution is -2.26. The van der Waals surface area contributed by atoms with Gasteiger partial charge in [-0.3, -0.25) is 4.79 Å². The number of carbonyl (C=O) groups excluding carboxylic acids is 1. The third kappa shape index (κ3) is 3.61. The number of hydrogen-bond acceptors (Lipinski definition) is 1. The summed E-state index contributed by atoms with van der Waals surface area (Å²) < 4.78 is 0. The van der Waals surface area contributed by atoms with Crippen molar-refractivity contribution >= 4 is 17.5 Å². The number of hydrogen-bond donors (Lipinski definition) is 1. The molecular weight excluding hydrogens is 270 g/mol. The molecule has 0 unspecified atom stereocenters. The van der Waals surface area contributed by atoms with Crippen LogP contribution >= 0.6 is 11.6 Å². The summed E-state index contributed by atoms with van der Waals surface area (Å²) in [6.45, 7) is 4.03. The van der Waals surface area contributed by atoms with Crippen LogP contribution in [0.3, 0.4) is 0 Å². The van der Waals surface area contributed by atoms with Crippen LogP contribution in [0.2, 0.25) is 0 Å². The van der Waals surface area contributed by atoms with E-state index in [2.05, 4.69) is 5.32 Å². The molecule has 0 saturated heterocycles. The maximum absolute atomic E-state index is 12.2. The van der Waals surface area contributed by atoms with Crippen LogP contribution in [0.15, 0.2) is 48.5 Å². The quantitative estimate of drug-likeness (QED) is 0.838. The summed E-state index contributed by atoms with van der Waals surface area (Å²) in [6.07, 6.45) is 0. The third-order valence-corrected chi connectivity index (χ3v) is 3.58. The van der Waals surface area contributed by atoms with Gasteiger partial charge in [-0.2, -0.15) is 0 Å². The number of alkyl halides is 1. The Labute approximate surface area is 124 Å². The fraction of sp³-hybridized carbons (Fsp3) is 0.235. The Hall–Kier alpha value is -1.80. The molecule has 1 atom stereocenters. The Morgan fingerprint density at radius 3 is 2.55 bits per heavy atom. The van der Waals surface area contributed by atoms with E-state index in [4.69, 9.17) is 11.6 Å². The maximum Gasteiger partial charge on any atom is 0.251 e. The standard InChI is InChI=1S/C17H18ClNO/c1-12-6-8-15(9-7-12)13(2)19-17(20)16-5-3-4-14(10-16)11-18/h3-10,13H,11H2,1-2H3,(H,19,20)/t13-/m0/s1. The second-order valence-corrected chi connectivity index (χ2v) is 5.21. The summed E-state index contributed by atoms with van der Waals surface area (Å²) in [5.74, 6) is 0.333. The summed E-state index contributed by atoms with van der Waals surface area (Å²) in [4.78, 5) is 12.2. The molecule has 1 amide bonds. The molecule has 0 aliphatic heterocycles. The van der Waals surface area contributed by atoms with Crippen molar-refractivity contribution < 1.29 is 4.79 Å². The minimum atomic E-state index is -0.0787. The van der Waals surface area contributed by atoms with Crippen LogP contribution in [0.5, 0.6) is 0 Å². The van der Waals surface area contributed by atoms with Gasteiger partial charge in [0, 0.05) is 11.4 Å². The highest BCUT2D eigenvalue weighted by Crippen LogP contribution is 2.15. The first kappa shape index (κ1) is 14.6. The molecule has 3 heteroatoms. The summed E-state index contributed by atoms with van der Waals surface area (Å²) >= 11 is 5.79. The fourth-order valence-electron chi connectivity index (χ4n) is 2.01. The van der Waals surface area contributed by atoms with Crippen LogP contribution in [0.1, 0.15) is 40.0 Å². The Kier molecular flexibility index (Phi) is 4.80. The largest absolute Gasteiger partial charge is 0.346 e. The molecule has 2 nitrogen and oxygen atoms in total. The first-order chi connectivity index (χ1) is 9.60. The number of rotatable bonds is 4. The Balaban J connectivity index is 2.08. The van der Waals surface area contributed by atoms with Crippen molar-refractivity contribution in [2.45, 2.75) is 25.8 Å². The molecule has 0 radical (unpaired) electrons. The first-order valence-electron chi connectivity index (χ1n) is 6.62. The van der Waals surface area contributed by atoms with E-state index < -0.39 is 0 Å². The van der Waals surface area contributed by atoms with Crippen molar-refractivity contribution in [3.63, 3.8) is 0 Å². The van der Waals surface area contributed by atoms with E-state index >= 15 is 0 Å². The van der Waals surface area contributed by atoms with Crippen LogP contribution in [0.25, 0.3) is 0 Å². The average molecular weight is 288 g/mol. The Bertz CT molecular complexity index is 592. The lowest BCUT2D eigenvalue weighted by molar-refractivity contribution is 0.0940. The van der Waals surface area contributed by atoms with Gasteiger partial charge in [0.25, 0.3) is 5.91 Å². The van der Waals surface area contributed by atoms with Gasteiger partial charge in [0.05, 0.1) is 6.04 Å². The second-order valence-electron chi connectivity index (χ2n) is 4.94. The van der Waals surface area contributed by atoms with Gasteiger partial charge in [-0.05, 0) is 37.1 Å². The Morgan fingerprint density at radius 1 is 1.20 bits per heavy atom. The molecule has 2 aromatic carbocycles. The smallest absolute Gasteiger partial charge is 0.251 e. The topological polar surface area (TPSA) is 29.1 Å². The molecule has 2 rings (SSSR count). The van der Waals surface area contributed by atoms with E-state index in [1.807, 2.05) is 56.3 Å². The third-order valence-electron chi connectivity index (χ3n) is 3.27. The number of carbonyl (C=O) groups is 1. The van der Waals surface area contributed by atoms with Gasteiger partial charge in [0.2, 0.25) is 0 Å². The van der Waals surface area contributed by atoms with Crippen molar-refractivity contribution in [3.8, 4) is 0 Å². The molecule has 2 aromatic rings. The van der Waals surface area contributed by atoms with E-state index in [-0.39, 0.29) is 11.9 Å².